The molecule has 0 saturated carbocycles. The van der Waals surface area contributed by atoms with Crippen molar-refractivity contribution in [2.75, 3.05) is 6.54 Å². The van der Waals surface area contributed by atoms with E-state index in [9.17, 15) is 0 Å². The molecule has 1 aliphatic rings. The smallest absolute Gasteiger partial charge is 0.0541 e. The van der Waals surface area contributed by atoms with Gasteiger partial charge < -0.3 is 5.32 Å². The average Bonchev–Trinajstić information content (AvgIpc) is 1.86. The maximum absolute atomic E-state index is 4.06. The number of nitrogens with one attached hydrogen (secondary N) is 1. The highest BCUT2D eigenvalue weighted by Crippen LogP contribution is 2.03. The molecule has 0 bridgehead atoms. The summed E-state index contributed by atoms with van der Waals surface area (Å²) < 4.78 is 0. The van der Waals surface area contributed by atoms with Crippen LogP contribution in [0.25, 0.3) is 0 Å². The Kier molecular flexibility index (Phi) is 1.08. The van der Waals surface area contributed by atoms with E-state index in [4.69, 9.17) is 0 Å². The van der Waals surface area contributed by atoms with Crippen molar-refractivity contribution in [1.82, 2.24) is 5.32 Å². The standard InChI is InChI=1S/C4H6NS/c6-4-1-2-5-3-4/h1-2,5-6H,3H2/q-1. The first kappa shape index (κ1) is 4.09. The summed E-state index contributed by atoms with van der Waals surface area (Å²) in [5.74, 6) is 0. The Morgan fingerprint density at radius 1 is 2.00 bits per heavy atom. The molecule has 0 aromatic carbocycles. The van der Waals surface area contributed by atoms with Crippen molar-refractivity contribution >= 4 is 12.6 Å². The van der Waals surface area contributed by atoms with Gasteiger partial charge in [0.2, 0.25) is 0 Å². The molecule has 0 aliphatic carbocycles. The third-order valence-corrected chi connectivity index (χ3v) is 0.984. The van der Waals surface area contributed by atoms with E-state index in [1.807, 2.05) is 12.6 Å². The maximum atomic E-state index is 4.06. The van der Waals surface area contributed by atoms with E-state index < -0.39 is 0 Å². The van der Waals surface area contributed by atoms with Gasteiger partial charge >= 0.3 is 0 Å². The molecule has 1 heterocycles. The Bertz CT molecular complexity index is 77.6. The zero-order valence-corrected chi connectivity index (χ0v) is 4.20. The van der Waals surface area contributed by atoms with E-state index in [2.05, 4.69) is 17.9 Å². The fraction of sp³-hybridized carbons (Fsp3) is 0.250. The van der Waals surface area contributed by atoms with Crippen molar-refractivity contribution in [2.24, 2.45) is 0 Å². The van der Waals surface area contributed by atoms with Gasteiger partial charge in [0.1, 0.15) is 0 Å². The molecule has 1 nitrogen and oxygen atoms in total. The van der Waals surface area contributed by atoms with Crippen LogP contribution in [-0.2, 0) is 0 Å². The summed E-state index contributed by atoms with van der Waals surface area (Å²) >= 11 is 4.06. The van der Waals surface area contributed by atoms with Crippen LogP contribution >= 0.6 is 12.6 Å². The van der Waals surface area contributed by atoms with E-state index in [0.29, 0.717) is 0 Å². The van der Waals surface area contributed by atoms with Crippen molar-refractivity contribution in [2.45, 2.75) is 0 Å². The van der Waals surface area contributed by atoms with Gasteiger partial charge in [-0.05, 0) is 0 Å². The van der Waals surface area contributed by atoms with Crippen LogP contribution in [0.1, 0.15) is 0 Å². The molecule has 34 valence electrons. The Balaban J connectivity index is 2.45. The van der Waals surface area contributed by atoms with Crippen LogP contribution in [0.2, 0.25) is 0 Å². The van der Waals surface area contributed by atoms with Gasteiger partial charge in [-0.1, -0.05) is 6.54 Å². The fourth-order valence-corrected chi connectivity index (χ4v) is 0.543. The summed E-state index contributed by atoms with van der Waals surface area (Å²) in [6.45, 7) is 2.80. The third-order valence-electron chi connectivity index (χ3n) is 0.677. The number of hydrogen-bond donors (Lipinski definition) is 2. The summed E-state index contributed by atoms with van der Waals surface area (Å²) in [6.07, 6.45) is 1.95. The van der Waals surface area contributed by atoms with Gasteiger partial charge in [-0.25, -0.2) is 18.7 Å². The normalized spacial score (nSPS) is 19.8. The molecule has 0 unspecified atom stereocenters. The van der Waals surface area contributed by atoms with E-state index in [-0.39, 0.29) is 0 Å². The van der Waals surface area contributed by atoms with Crippen LogP contribution < -0.4 is 5.32 Å². The van der Waals surface area contributed by atoms with E-state index in [0.717, 1.165) is 11.4 Å². The Morgan fingerprint density at radius 3 is 3.00 bits per heavy atom. The largest absolute Gasteiger partial charge is 0.384 e. The molecule has 0 aromatic rings. The monoisotopic (exact) mass is 100 g/mol. The molecule has 0 aromatic heterocycles. The Labute approximate surface area is 42.8 Å². The molecular formula is C4H6NS-. The van der Waals surface area contributed by atoms with E-state index >= 15 is 0 Å². The molecule has 2 heteroatoms. The summed E-state index contributed by atoms with van der Waals surface area (Å²) in [6, 6.07) is 0. The molecule has 0 spiro atoms. The van der Waals surface area contributed by atoms with Crippen LogP contribution in [0.15, 0.2) is 11.0 Å². The van der Waals surface area contributed by atoms with Gasteiger partial charge in [0.15, 0.2) is 0 Å². The molecule has 0 radical (unpaired) electrons. The summed E-state index contributed by atoms with van der Waals surface area (Å²) in [4.78, 5) is 1.11. The van der Waals surface area contributed by atoms with E-state index in [1.165, 1.54) is 0 Å². The van der Waals surface area contributed by atoms with Gasteiger partial charge in [0, 0.05) is 0 Å². The Morgan fingerprint density at radius 2 is 2.83 bits per heavy atom. The molecule has 0 amide bonds. The highest BCUT2D eigenvalue weighted by molar-refractivity contribution is 7.84. The molecule has 0 saturated heterocycles. The topological polar surface area (TPSA) is 12.0 Å². The van der Waals surface area contributed by atoms with Gasteiger partial charge in [-0.3, -0.25) is 0 Å². The lowest BCUT2D eigenvalue weighted by Gasteiger charge is -1.93. The molecule has 6 heavy (non-hydrogen) atoms. The summed E-state index contributed by atoms with van der Waals surface area (Å²) in [7, 11) is 0. The summed E-state index contributed by atoms with van der Waals surface area (Å²) in [5.41, 5.74) is 0. The molecule has 1 aliphatic heterocycles. The molecule has 1 N–H and O–H groups in total. The number of rotatable bonds is 0. The molecule has 1 rings (SSSR count). The van der Waals surface area contributed by atoms with Gasteiger partial charge in [0.05, 0.1) is 0 Å². The average molecular weight is 100 g/mol. The van der Waals surface area contributed by atoms with Gasteiger partial charge in [0.25, 0.3) is 0 Å². The number of thiol groups is 1. The second-order valence-electron chi connectivity index (χ2n) is 1.21. The fourth-order valence-electron chi connectivity index (χ4n) is 0.378. The van der Waals surface area contributed by atoms with Crippen LogP contribution in [-0.4, -0.2) is 6.54 Å². The second kappa shape index (κ2) is 1.58. The highest BCUT2D eigenvalue weighted by Gasteiger charge is 1.81. The van der Waals surface area contributed by atoms with Crippen molar-refractivity contribution in [1.29, 1.82) is 0 Å². The Hall–Kier alpha value is -0.0800. The molecule has 0 fully saturated rings. The minimum Gasteiger partial charge on any atom is -0.384 e. The lowest BCUT2D eigenvalue weighted by Crippen LogP contribution is -2.01. The molecular weight excluding hydrogens is 94.1 g/mol. The SMILES string of the molecule is SC1=C[CH-]NC1. The van der Waals surface area contributed by atoms with Crippen molar-refractivity contribution in [3.63, 3.8) is 0 Å². The highest BCUT2D eigenvalue weighted by atomic mass is 32.1. The van der Waals surface area contributed by atoms with Gasteiger partial charge in [-0.2, -0.15) is 11.4 Å². The van der Waals surface area contributed by atoms with Gasteiger partial charge in [-0.15, -0.1) is 0 Å². The van der Waals surface area contributed by atoms with E-state index in [1.54, 1.807) is 0 Å². The number of hydrogen-bond acceptors (Lipinski definition) is 2. The maximum Gasteiger partial charge on any atom is -0.0541 e. The van der Waals surface area contributed by atoms with Crippen molar-refractivity contribution in [3.05, 3.63) is 17.5 Å². The van der Waals surface area contributed by atoms with Crippen molar-refractivity contribution in [3.8, 4) is 0 Å². The predicted molar refractivity (Wildman–Crippen MR) is 29.4 cm³/mol. The lowest BCUT2D eigenvalue weighted by atomic mass is 10.6. The minimum atomic E-state index is 0.906. The zero-order valence-electron chi connectivity index (χ0n) is 3.31. The van der Waals surface area contributed by atoms with Crippen LogP contribution in [0.3, 0.4) is 0 Å². The first-order valence-corrected chi connectivity index (χ1v) is 2.29. The van der Waals surface area contributed by atoms with Crippen molar-refractivity contribution < 1.29 is 0 Å². The zero-order chi connectivity index (χ0) is 4.41. The first-order valence-electron chi connectivity index (χ1n) is 1.84. The first-order chi connectivity index (χ1) is 2.89. The third kappa shape index (κ3) is 0.698. The second-order valence-corrected chi connectivity index (χ2v) is 1.78. The lowest BCUT2D eigenvalue weighted by molar-refractivity contribution is 0.972. The quantitative estimate of drug-likeness (QED) is 0.335. The predicted octanol–water partition coefficient (Wildman–Crippen LogP) is 0.565. The van der Waals surface area contributed by atoms with Crippen LogP contribution in [0.4, 0.5) is 0 Å². The minimum absolute atomic E-state index is 0.906. The van der Waals surface area contributed by atoms with Crippen LogP contribution in [0, 0.1) is 6.54 Å². The molecule has 0 atom stereocenters. The van der Waals surface area contributed by atoms with Crippen LogP contribution in [0.5, 0.6) is 0 Å². The summed E-state index contributed by atoms with van der Waals surface area (Å²) in [5, 5.41) is 2.98.